The number of rotatable bonds is 6. The number of hydrogen-bond donors (Lipinski definition) is 0. The lowest BCUT2D eigenvalue weighted by atomic mass is 10.1. The van der Waals surface area contributed by atoms with Crippen LogP contribution < -0.4 is 14.0 Å². The number of carbonyl (C=O) groups excluding carboxylic acids is 2. The van der Waals surface area contributed by atoms with Crippen LogP contribution in [0.3, 0.4) is 0 Å². The van der Waals surface area contributed by atoms with Gasteiger partial charge in [0, 0.05) is 26.2 Å². The summed E-state index contributed by atoms with van der Waals surface area (Å²) in [6, 6.07) is 4.60. The summed E-state index contributed by atoms with van der Waals surface area (Å²) >= 11 is 0. The molecule has 0 N–H and O–H groups in total. The van der Waals surface area contributed by atoms with Crippen molar-refractivity contribution in [2.45, 2.75) is 39.2 Å². The Bertz CT molecular complexity index is 1210. The Morgan fingerprint density at radius 1 is 1.06 bits per heavy atom. The number of urea groups is 1. The molecule has 1 aromatic heterocycles. The van der Waals surface area contributed by atoms with Crippen LogP contribution in [0.25, 0.3) is 5.69 Å². The van der Waals surface area contributed by atoms with Crippen LogP contribution in [0.4, 0.5) is 10.7 Å². The summed E-state index contributed by atoms with van der Waals surface area (Å²) in [5, 5.41) is 0. The van der Waals surface area contributed by atoms with Crippen molar-refractivity contribution in [1.29, 1.82) is 0 Å². The summed E-state index contributed by atoms with van der Waals surface area (Å²) in [5.74, 6) is 2.12. The van der Waals surface area contributed by atoms with Crippen molar-refractivity contribution < 1.29 is 23.6 Å². The first-order valence-corrected chi connectivity index (χ1v) is 12.1. The van der Waals surface area contributed by atoms with Gasteiger partial charge in [0.05, 0.1) is 14.2 Å². The number of nitrogens with zero attached hydrogens (tertiary/aromatic N) is 6. The fraction of sp³-hybridized carbons (Fsp3) is 0.520. The number of amidine groups is 1. The predicted octanol–water partition coefficient (Wildman–Crippen LogP) is 2.36. The van der Waals surface area contributed by atoms with Crippen molar-refractivity contribution in [3.63, 3.8) is 0 Å². The third kappa shape index (κ3) is 3.67. The Kier molecular flexibility index (Phi) is 6.00. The van der Waals surface area contributed by atoms with E-state index in [1.165, 1.54) is 29.1 Å². The lowest BCUT2D eigenvalue weighted by Gasteiger charge is -2.35. The average Bonchev–Trinajstić information content (AvgIpc) is 3.38. The highest BCUT2D eigenvalue weighted by Crippen LogP contribution is 2.36. The molecule has 2 saturated heterocycles. The summed E-state index contributed by atoms with van der Waals surface area (Å²) in [5.41, 5.74) is 2.64. The number of fused-ring (bicyclic) bond motifs is 3. The van der Waals surface area contributed by atoms with E-state index < -0.39 is 6.04 Å². The Morgan fingerprint density at radius 2 is 1.80 bits per heavy atom. The number of amides is 3. The molecular formula is C25H33N6O4+. The number of carbonyl (C=O) groups is 2. The second kappa shape index (κ2) is 8.99. The fourth-order valence-electron chi connectivity index (χ4n) is 5.32. The molecule has 2 aromatic rings. The van der Waals surface area contributed by atoms with Crippen molar-refractivity contribution in [2.24, 2.45) is 4.99 Å². The highest BCUT2D eigenvalue weighted by molar-refractivity contribution is 6.19. The third-order valence-electron chi connectivity index (χ3n) is 7.43. The van der Waals surface area contributed by atoms with Crippen molar-refractivity contribution in [3.05, 3.63) is 29.6 Å². The maximum atomic E-state index is 13.7. The molecule has 0 radical (unpaired) electrons. The largest absolute Gasteiger partial charge is 0.497 e. The molecular weight excluding hydrogens is 448 g/mol. The topological polar surface area (TPSA) is 83.5 Å². The highest BCUT2D eigenvalue weighted by atomic mass is 16.5. The summed E-state index contributed by atoms with van der Waals surface area (Å²) in [7, 11) is 4.92. The van der Waals surface area contributed by atoms with Crippen LogP contribution in [0.5, 0.6) is 11.5 Å². The van der Waals surface area contributed by atoms with E-state index in [0.29, 0.717) is 36.4 Å². The van der Waals surface area contributed by atoms with Gasteiger partial charge in [-0.05, 0) is 51.9 Å². The van der Waals surface area contributed by atoms with Crippen LogP contribution in [0, 0.1) is 13.8 Å². The smallest absolute Gasteiger partial charge is 0.407 e. The van der Waals surface area contributed by atoms with Gasteiger partial charge < -0.3 is 14.4 Å². The van der Waals surface area contributed by atoms with Crippen molar-refractivity contribution in [3.8, 4) is 17.2 Å². The zero-order chi connectivity index (χ0) is 24.9. The van der Waals surface area contributed by atoms with Crippen LogP contribution in [-0.4, -0.2) is 84.5 Å². The maximum Gasteiger partial charge on any atom is 0.407 e. The summed E-state index contributed by atoms with van der Waals surface area (Å²) in [6.07, 6.45) is 3.58. The number of imide groups is 1. The van der Waals surface area contributed by atoms with Gasteiger partial charge in [0.15, 0.2) is 5.75 Å². The van der Waals surface area contributed by atoms with Crippen LogP contribution >= 0.6 is 0 Å². The van der Waals surface area contributed by atoms with E-state index in [2.05, 4.69) is 4.90 Å². The molecule has 0 spiro atoms. The van der Waals surface area contributed by atoms with E-state index in [-0.39, 0.29) is 11.9 Å². The number of benzene rings is 1. The molecule has 186 valence electrons. The molecule has 1 unspecified atom stereocenters. The molecule has 1 aromatic carbocycles. The van der Waals surface area contributed by atoms with Crippen LogP contribution in [0.1, 0.15) is 36.7 Å². The molecule has 10 heteroatoms. The minimum absolute atomic E-state index is 0.227. The van der Waals surface area contributed by atoms with Crippen LogP contribution in [0.2, 0.25) is 0 Å². The van der Waals surface area contributed by atoms with E-state index in [0.717, 1.165) is 30.2 Å². The molecule has 0 aliphatic carbocycles. The summed E-state index contributed by atoms with van der Waals surface area (Å²) in [4.78, 5) is 37.0. The molecule has 3 aliphatic heterocycles. The molecule has 5 rings (SSSR count). The van der Waals surface area contributed by atoms with E-state index in [1.807, 2.05) is 41.2 Å². The first-order valence-electron chi connectivity index (χ1n) is 12.1. The minimum Gasteiger partial charge on any atom is -0.497 e. The van der Waals surface area contributed by atoms with Crippen LogP contribution in [0.15, 0.2) is 23.2 Å². The first kappa shape index (κ1) is 23.3. The number of ether oxygens (including phenoxy) is 2. The van der Waals surface area contributed by atoms with Gasteiger partial charge in [0.1, 0.15) is 22.8 Å². The number of piperidine rings is 1. The molecule has 35 heavy (non-hydrogen) atoms. The number of methoxy groups -OCH3 is 2. The number of likely N-dealkylation sites (tertiary alicyclic amines) is 1. The Balaban J connectivity index is 1.53. The van der Waals surface area contributed by atoms with Gasteiger partial charge in [0.2, 0.25) is 11.9 Å². The fourth-order valence-corrected chi connectivity index (χ4v) is 5.32. The molecule has 0 bridgehead atoms. The van der Waals surface area contributed by atoms with E-state index in [1.54, 1.807) is 21.3 Å². The molecule has 2 fully saturated rings. The van der Waals surface area contributed by atoms with Gasteiger partial charge in [-0.1, -0.05) is 11.4 Å². The van der Waals surface area contributed by atoms with Gasteiger partial charge in [-0.3, -0.25) is 14.6 Å². The Labute approximate surface area is 205 Å². The third-order valence-corrected chi connectivity index (χ3v) is 7.43. The highest BCUT2D eigenvalue weighted by Gasteiger charge is 2.54. The van der Waals surface area contributed by atoms with Crippen molar-refractivity contribution in [2.75, 3.05) is 47.4 Å². The number of aromatic nitrogens is 2. The standard InChI is InChI=1S/C25H33N6O4/c1-16-17(2)31-21-22(26-24(31)30(16)19-10-9-18(34-4)15-20(19)35-5)27(3)25(33)29(23(21)32)14-13-28-11-7-6-8-12-28/h9-10,15,21H,6-8,11-14H2,1-5H3/q+1. The lowest BCUT2D eigenvalue weighted by Crippen LogP contribution is -2.64. The summed E-state index contributed by atoms with van der Waals surface area (Å²) in [6.45, 7) is 7.09. The number of hydrogen-bond acceptors (Lipinski definition) is 6. The molecule has 10 nitrogen and oxygen atoms in total. The predicted molar refractivity (Wildman–Crippen MR) is 130 cm³/mol. The lowest BCUT2D eigenvalue weighted by molar-refractivity contribution is -0.682. The van der Waals surface area contributed by atoms with Gasteiger partial charge in [0.25, 0.3) is 5.91 Å². The van der Waals surface area contributed by atoms with Gasteiger partial charge >= 0.3 is 12.0 Å². The van der Waals surface area contributed by atoms with Crippen molar-refractivity contribution in [1.82, 2.24) is 19.3 Å². The SMILES string of the molecule is COc1ccc(-n2c(C)c(C)[n+]3c2N=C2C3C(=O)N(CCN3CCCCC3)C(=O)N2C)c(OC)c1. The first-order chi connectivity index (χ1) is 16.9. The zero-order valence-corrected chi connectivity index (χ0v) is 21.1. The number of imidazole rings is 1. The average molecular weight is 482 g/mol. The second-order valence-corrected chi connectivity index (χ2v) is 9.32. The Hall–Kier alpha value is -3.40. The normalized spacial score (nSPS) is 20.1. The molecule has 3 amide bonds. The summed E-state index contributed by atoms with van der Waals surface area (Å²) < 4.78 is 14.9. The monoisotopic (exact) mass is 481 g/mol. The van der Waals surface area contributed by atoms with E-state index in [4.69, 9.17) is 14.5 Å². The molecule has 4 heterocycles. The minimum atomic E-state index is -0.668. The Morgan fingerprint density at radius 3 is 2.49 bits per heavy atom. The zero-order valence-electron chi connectivity index (χ0n) is 21.1. The number of likely N-dealkylation sites (N-methyl/N-ethyl adjacent to an activating group) is 1. The van der Waals surface area contributed by atoms with E-state index >= 15 is 0 Å². The van der Waals surface area contributed by atoms with Gasteiger partial charge in [-0.2, -0.15) is 4.57 Å². The molecule has 0 saturated carbocycles. The number of aliphatic imine (C=N–C) groups is 1. The quantitative estimate of drug-likeness (QED) is 0.592. The van der Waals surface area contributed by atoms with E-state index in [9.17, 15) is 9.59 Å². The van der Waals surface area contributed by atoms with Crippen LogP contribution in [-0.2, 0) is 4.79 Å². The van der Waals surface area contributed by atoms with Gasteiger partial charge in [-0.15, -0.1) is 0 Å². The van der Waals surface area contributed by atoms with Crippen molar-refractivity contribution >= 4 is 23.7 Å². The molecule has 3 aliphatic rings. The second-order valence-electron chi connectivity index (χ2n) is 9.32. The van der Waals surface area contributed by atoms with Gasteiger partial charge in [-0.25, -0.2) is 9.36 Å². The molecule has 1 atom stereocenters. The maximum absolute atomic E-state index is 13.7.